The van der Waals surface area contributed by atoms with Gasteiger partial charge in [0.15, 0.2) is 5.82 Å². The van der Waals surface area contributed by atoms with Crippen LogP contribution in [0.15, 0.2) is 146 Å². The molecule has 0 saturated carbocycles. The monoisotopic (exact) mass is 590 g/mol. The van der Waals surface area contributed by atoms with Gasteiger partial charge in [-0.3, -0.25) is 4.98 Å². The molecule has 4 heteroatoms. The number of nitrogens with zero attached hydrogens (tertiary/aromatic N) is 4. The van der Waals surface area contributed by atoms with E-state index in [1.54, 1.807) is 0 Å². The fourth-order valence-corrected chi connectivity index (χ4v) is 7.28. The minimum Gasteiger partial charge on any atom is -0.309 e. The lowest BCUT2D eigenvalue weighted by Gasteiger charge is -2.24. The Hall–Kier alpha value is -5.87. The maximum atomic E-state index is 5.41. The number of hydrogen-bond acceptors (Lipinski definition) is 3. The van der Waals surface area contributed by atoms with E-state index in [1.807, 2.05) is 24.4 Å². The van der Waals surface area contributed by atoms with Crippen molar-refractivity contribution in [2.75, 3.05) is 0 Å². The zero-order chi connectivity index (χ0) is 30.8. The largest absolute Gasteiger partial charge is 0.309 e. The van der Waals surface area contributed by atoms with E-state index in [9.17, 15) is 0 Å². The van der Waals surface area contributed by atoms with Crippen molar-refractivity contribution in [1.29, 1.82) is 0 Å². The normalized spacial score (nSPS) is 13.2. The molecule has 0 fully saturated rings. The molecule has 4 nitrogen and oxygen atoms in total. The first-order valence-electron chi connectivity index (χ1n) is 15.7. The molecular formula is C42H30N4. The van der Waals surface area contributed by atoms with Gasteiger partial charge in [0.1, 0.15) is 0 Å². The summed E-state index contributed by atoms with van der Waals surface area (Å²) in [5.41, 5.74) is 12.9. The van der Waals surface area contributed by atoms with Crippen molar-refractivity contribution in [3.8, 4) is 50.8 Å². The number of rotatable bonds is 4. The molecule has 8 aromatic rings. The molecule has 0 bridgehead atoms. The van der Waals surface area contributed by atoms with Gasteiger partial charge in [-0.1, -0.05) is 105 Å². The first-order valence-corrected chi connectivity index (χ1v) is 15.7. The Morgan fingerprint density at radius 2 is 1.28 bits per heavy atom. The van der Waals surface area contributed by atoms with E-state index < -0.39 is 0 Å². The molecule has 46 heavy (non-hydrogen) atoms. The summed E-state index contributed by atoms with van der Waals surface area (Å²) in [7, 11) is 0. The lowest BCUT2D eigenvalue weighted by molar-refractivity contribution is 0.658. The standard InChI is InChI=1S/C42H30N4/c1-42(2)34-19-8-6-18-32(34)40-38(42)39(44-41(45-40)29-14-12-13-27(25-29)35-20-10-11-24-43-35)28-22-23-37-33(26-28)31-17-7-9-21-36(31)46(37)30-15-4-3-5-16-30/h3-26H,1-2H3. The van der Waals surface area contributed by atoms with E-state index in [-0.39, 0.29) is 5.41 Å². The highest BCUT2D eigenvalue weighted by molar-refractivity contribution is 6.10. The van der Waals surface area contributed by atoms with Gasteiger partial charge in [-0.2, -0.15) is 0 Å². The van der Waals surface area contributed by atoms with Crippen LogP contribution in [0.4, 0.5) is 0 Å². The van der Waals surface area contributed by atoms with Gasteiger partial charge < -0.3 is 4.57 Å². The lowest BCUT2D eigenvalue weighted by Crippen LogP contribution is -2.17. The van der Waals surface area contributed by atoms with Crippen molar-refractivity contribution in [3.05, 3.63) is 157 Å². The van der Waals surface area contributed by atoms with E-state index >= 15 is 0 Å². The summed E-state index contributed by atoms with van der Waals surface area (Å²) in [6, 6.07) is 49.1. The van der Waals surface area contributed by atoms with Crippen LogP contribution in [0.1, 0.15) is 25.0 Å². The van der Waals surface area contributed by atoms with Crippen LogP contribution < -0.4 is 0 Å². The van der Waals surface area contributed by atoms with Crippen LogP contribution in [0.25, 0.3) is 72.7 Å². The molecule has 1 aliphatic rings. The average Bonchev–Trinajstić information content (AvgIpc) is 3.57. The maximum absolute atomic E-state index is 5.41. The topological polar surface area (TPSA) is 43.6 Å². The van der Waals surface area contributed by atoms with Crippen LogP contribution >= 0.6 is 0 Å². The second-order valence-corrected chi connectivity index (χ2v) is 12.5. The van der Waals surface area contributed by atoms with Crippen LogP contribution in [0, 0.1) is 0 Å². The van der Waals surface area contributed by atoms with Gasteiger partial charge in [0.25, 0.3) is 0 Å². The maximum Gasteiger partial charge on any atom is 0.160 e. The smallest absolute Gasteiger partial charge is 0.160 e. The van der Waals surface area contributed by atoms with E-state index in [4.69, 9.17) is 9.97 Å². The lowest BCUT2D eigenvalue weighted by atomic mass is 9.80. The minimum absolute atomic E-state index is 0.261. The first kappa shape index (κ1) is 26.5. The number of benzene rings is 5. The van der Waals surface area contributed by atoms with E-state index in [1.165, 1.54) is 38.5 Å². The van der Waals surface area contributed by atoms with Gasteiger partial charge in [0.05, 0.1) is 28.1 Å². The number of pyridine rings is 1. The average molecular weight is 591 g/mol. The molecule has 0 spiro atoms. The van der Waals surface area contributed by atoms with E-state index in [0.717, 1.165) is 39.5 Å². The molecule has 3 heterocycles. The number of para-hydroxylation sites is 2. The zero-order valence-electron chi connectivity index (χ0n) is 25.6. The van der Waals surface area contributed by atoms with Crippen LogP contribution in [-0.4, -0.2) is 19.5 Å². The van der Waals surface area contributed by atoms with Gasteiger partial charge in [0.2, 0.25) is 0 Å². The van der Waals surface area contributed by atoms with Gasteiger partial charge in [-0.15, -0.1) is 0 Å². The van der Waals surface area contributed by atoms with Gasteiger partial charge >= 0.3 is 0 Å². The van der Waals surface area contributed by atoms with E-state index in [2.05, 4.69) is 145 Å². The number of fused-ring (bicyclic) bond motifs is 6. The number of aromatic nitrogens is 4. The summed E-state index contributed by atoms with van der Waals surface area (Å²) in [4.78, 5) is 15.3. The Kier molecular flexibility index (Phi) is 5.81. The molecule has 0 amide bonds. The molecule has 0 unspecified atom stereocenters. The number of hydrogen-bond donors (Lipinski definition) is 0. The summed E-state index contributed by atoms with van der Waals surface area (Å²) in [5.74, 6) is 0.714. The molecule has 0 saturated heterocycles. The van der Waals surface area contributed by atoms with Crippen LogP contribution in [0.2, 0.25) is 0 Å². The molecule has 0 aliphatic heterocycles. The van der Waals surface area contributed by atoms with Gasteiger partial charge in [-0.25, -0.2) is 9.97 Å². The highest BCUT2D eigenvalue weighted by atomic mass is 15.0. The van der Waals surface area contributed by atoms with E-state index in [0.29, 0.717) is 5.82 Å². The summed E-state index contributed by atoms with van der Waals surface area (Å²) in [6.45, 7) is 4.59. The SMILES string of the molecule is CC1(C)c2ccccc2-c2nc(-c3cccc(-c4ccccn4)c3)nc(-c3ccc4c(c3)c3ccccc3n4-c3ccccc3)c21. The third-order valence-electron chi connectivity index (χ3n) is 9.43. The summed E-state index contributed by atoms with van der Waals surface area (Å²) in [5, 5.41) is 2.43. The second kappa shape index (κ2) is 10.1. The zero-order valence-corrected chi connectivity index (χ0v) is 25.6. The van der Waals surface area contributed by atoms with Crippen LogP contribution in [0.5, 0.6) is 0 Å². The third kappa shape index (κ3) is 3.97. The fraction of sp³-hybridized carbons (Fsp3) is 0.0714. The summed E-state index contributed by atoms with van der Waals surface area (Å²) < 4.78 is 2.35. The molecule has 218 valence electrons. The Balaban J connectivity index is 1.31. The van der Waals surface area contributed by atoms with Gasteiger partial charge in [-0.05, 0) is 54.1 Å². The Labute approximate surface area is 267 Å². The quantitative estimate of drug-likeness (QED) is 0.205. The summed E-state index contributed by atoms with van der Waals surface area (Å²) in [6.07, 6.45) is 1.83. The summed E-state index contributed by atoms with van der Waals surface area (Å²) >= 11 is 0. The van der Waals surface area contributed by atoms with Crippen molar-refractivity contribution < 1.29 is 0 Å². The Morgan fingerprint density at radius 3 is 2.15 bits per heavy atom. The fourth-order valence-electron chi connectivity index (χ4n) is 7.28. The molecule has 0 radical (unpaired) electrons. The molecule has 0 N–H and O–H groups in total. The highest BCUT2D eigenvalue weighted by Crippen LogP contribution is 2.51. The molecular weight excluding hydrogens is 560 g/mol. The van der Waals surface area contributed by atoms with Crippen molar-refractivity contribution in [3.63, 3.8) is 0 Å². The van der Waals surface area contributed by atoms with Crippen molar-refractivity contribution in [1.82, 2.24) is 19.5 Å². The van der Waals surface area contributed by atoms with Crippen molar-refractivity contribution in [2.24, 2.45) is 0 Å². The minimum atomic E-state index is -0.261. The predicted molar refractivity (Wildman–Crippen MR) is 188 cm³/mol. The first-order chi connectivity index (χ1) is 22.6. The van der Waals surface area contributed by atoms with Crippen molar-refractivity contribution >= 4 is 21.8 Å². The Bertz CT molecular complexity index is 2440. The molecule has 1 aliphatic carbocycles. The van der Waals surface area contributed by atoms with Gasteiger partial charge in [0, 0.05) is 55.9 Å². The third-order valence-corrected chi connectivity index (χ3v) is 9.43. The van der Waals surface area contributed by atoms with Crippen LogP contribution in [0.3, 0.4) is 0 Å². The molecule has 3 aromatic heterocycles. The highest BCUT2D eigenvalue weighted by Gasteiger charge is 2.40. The Morgan fingerprint density at radius 1 is 0.543 bits per heavy atom. The molecule has 0 atom stereocenters. The second-order valence-electron chi connectivity index (χ2n) is 12.5. The molecule has 5 aromatic carbocycles. The predicted octanol–water partition coefficient (Wildman–Crippen LogP) is 10.3. The molecule has 9 rings (SSSR count). The van der Waals surface area contributed by atoms with Crippen LogP contribution in [-0.2, 0) is 5.41 Å². The van der Waals surface area contributed by atoms with Crippen molar-refractivity contribution in [2.45, 2.75) is 19.3 Å².